The number of hydrogen-bond acceptors (Lipinski definition) is 10. The zero-order valence-corrected chi connectivity index (χ0v) is 25.4. The highest BCUT2D eigenvalue weighted by Gasteiger charge is 2.34. The summed E-state index contributed by atoms with van der Waals surface area (Å²) in [6, 6.07) is 19.2. The Morgan fingerprint density at radius 2 is 1.00 bits per heavy atom. The van der Waals surface area contributed by atoms with Crippen molar-refractivity contribution < 1.29 is 47.1 Å². The molecule has 48 heavy (non-hydrogen) atoms. The third-order valence-corrected chi connectivity index (χ3v) is 7.19. The van der Waals surface area contributed by atoms with Crippen LogP contribution in [0.5, 0.6) is 0 Å². The van der Waals surface area contributed by atoms with Crippen molar-refractivity contribution in [1.82, 2.24) is 0 Å². The van der Waals surface area contributed by atoms with Crippen LogP contribution in [-0.4, -0.2) is 34.0 Å². The number of benzene rings is 3. The van der Waals surface area contributed by atoms with Crippen LogP contribution in [0.4, 0.5) is 11.4 Å². The van der Waals surface area contributed by atoms with Crippen LogP contribution in [0.2, 0.25) is 0 Å². The van der Waals surface area contributed by atoms with Gasteiger partial charge in [-0.2, -0.15) is 0 Å². The quantitative estimate of drug-likeness (QED) is 0.114. The van der Waals surface area contributed by atoms with Gasteiger partial charge in [0.2, 0.25) is 0 Å². The van der Waals surface area contributed by atoms with E-state index < -0.39 is 54.1 Å². The van der Waals surface area contributed by atoms with Gasteiger partial charge in [-0.1, -0.05) is 54.6 Å². The molecule has 0 aliphatic heterocycles. The number of hydrogen-bond donors (Lipinski definition) is 2. The molecule has 0 saturated carbocycles. The molecular weight excluding hydrogens is 628 g/mol. The smallest absolute Gasteiger partial charge is 0.478 e. The largest absolute Gasteiger partial charge is 0.519 e. The van der Waals surface area contributed by atoms with Crippen molar-refractivity contribution in [2.24, 2.45) is 0 Å². The van der Waals surface area contributed by atoms with E-state index >= 15 is 0 Å². The molecule has 0 unspecified atom stereocenters. The van der Waals surface area contributed by atoms with E-state index in [1.54, 1.807) is 30.3 Å². The standard InChI is InChI=1S/C34H26N2O12/c1-19-27(47-33(43)45-19)17-35(25-14-8-6-12-22(25)31(39)40)29(37)24(16-21-10-4-3-5-11-21)30(38)36(18-28-20(2)46-34(44)48-28)26-15-9-7-13-23(26)32(41)42/h3-16H,17-18H2,1-2H3,(H,39,40)(H,41,42). The number of anilines is 2. The lowest BCUT2D eigenvalue weighted by Crippen LogP contribution is -2.41. The maximum atomic E-state index is 14.7. The molecule has 244 valence electrons. The molecule has 2 aromatic heterocycles. The SMILES string of the molecule is Cc1oc(=O)oc1CN(C(=O)C(=Cc1ccccc1)C(=O)N(Cc1oc(=O)oc1C)c1ccccc1C(=O)O)c1ccccc1C(=O)O. The number of carboxylic acid groups (broad SMARTS) is 2. The van der Waals surface area contributed by atoms with Gasteiger partial charge in [0.1, 0.15) is 17.1 Å². The molecule has 0 radical (unpaired) electrons. The summed E-state index contributed by atoms with van der Waals surface area (Å²) in [6.45, 7) is 1.73. The number of carbonyl (C=O) groups is 4. The Bertz CT molecular complexity index is 2040. The fraction of sp³-hybridized carbons (Fsp3) is 0.118. The highest BCUT2D eigenvalue weighted by Crippen LogP contribution is 2.30. The van der Waals surface area contributed by atoms with Crippen LogP contribution in [0.3, 0.4) is 0 Å². The monoisotopic (exact) mass is 654 g/mol. The Labute approximate surface area is 270 Å². The van der Waals surface area contributed by atoms with Crippen molar-refractivity contribution >= 4 is 41.2 Å². The van der Waals surface area contributed by atoms with E-state index in [9.17, 15) is 39.0 Å². The van der Waals surface area contributed by atoms with E-state index in [0.717, 1.165) is 9.80 Å². The summed E-state index contributed by atoms with van der Waals surface area (Å²) in [7, 11) is 0. The topological polar surface area (TPSA) is 202 Å². The summed E-state index contributed by atoms with van der Waals surface area (Å²) in [5.41, 5.74) is -1.12. The number of aromatic carboxylic acids is 2. The minimum absolute atomic E-state index is 0.00740. The number of aryl methyl sites for hydroxylation is 2. The Morgan fingerprint density at radius 3 is 1.38 bits per heavy atom. The van der Waals surface area contributed by atoms with Crippen LogP contribution in [0.25, 0.3) is 6.08 Å². The highest BCUT2D eigenvalue weighted by molar-refractivity contribution is 6.30. The van der Waals surface area contributed by atoms with E-state index in [2.05, 4.69) is 0 Å². The van der Waals surface area contributed by atoms with Crippen molar-refractivity contribution in [3.05, 3.63) is 145 Å². The molecule has 2 N–H and O–H groups in total. The van der Waals surface area contributed by atoms with Crippen LogP contribution in [0, 0.1) is 13.8 Å². The summed E-state index contributed by atoms with van der Waals surface area (Å²) in [5.74, 6) is -7.24. The molecule has 0 saturated heterocycles. The molecule has 14 nitrogen and oxygen atoms in total. The van der Waals surface area contributed by atoms with Crippen molar-refractivity contribution in [2.45, 2.75) is 26.9 Å². The number of nitrogens with zero attached hydrogens (tertiary/aromatic N) is 2. The van der Waals surface area contributed by atoms with Crippen LogP contribution >= 0.6 is 0 Å². The van der Waals surface area contributed by atoms with E-state index in [4.69, 9.17) is 17.7 Å². The molecule has 0 aliphatic carbocycles. The molecule has 0 bridgehead atoms. The molecule has 5 rings (SSSR count). The molecular formula is C34H26N2O12. The Balaban J connectivity index is 1.74. The van der Waals surface area contributed by atoms with Gasteiger partial charge >= 0.3 is 23.6 Å². The lowest BCUT2D eigenvalue weighted by atomic mass is 10.0. The van der Waals surface area contributed by atoms with Gasteiger partial charge in [-0.3, -0.25) is 19.4 Å². The second kappa shape index (κ2) is 13.7. The van der Waals surface area contributed by atoms with Gasteiger partial charge in [-0.25, -0.2) is 19.2 Å². The van der Waals surface area contributed by atoms with E-state index in [1.165, 1.54) is 68.5 Å². The van der Waals surface area contributed by atoms with Gasteiger partial charge in [-0.15, -0.1) is 0 Å². The van der Waals surface area contributed by atoms with Crippen LogP contribution in [0.15, 0.2) is 112 Å². The molecule has 5 aromatic rings. The lowest BCUT2D eigenvalue weighted by molar-refractivity contribution is -0.121. The van der Waals surface area contributed by atoms with Gasteiger partial charge in [0.25, 0.3) is 11.8 Å². The minimum Gasteiger partial charge on any atom is -0.478 e. The Morgan fingerprint density at radius 1 is 0.604 bits per heavy atom. The van der Waals surface area contributed by atoms with Crippen molar-refractivity contribution in [1.29, 1.82) is 0 Å². The number of carboxylic acids is 2. The van der Waals surface area contributed by atoms with Gasteiger partial charge in [0, 0.05) is 0 Å². The van der Waals surface area contributed by atoms with Crippen molar-refractivity contribution in [3.63, 3.8) is 0 Å². The van der Waals surface area contributed by atoms with E-state index in [-0.39, 0.29) is 45.5 Å². The maximum absolute atomic E-state index is 14.7. The zero-order chi connectivity index (χ0) is 34.5. The van der Waals surface area contributed by atoms with Gasteiger partial charge < -0.3 is 27.9 Å². The van der Waals surface area contributed by atoms with Crippen LogP contribution in [-0.2, 0) is 22.7 Å². The third kappa shape index (κ3) is 6.92. The predicted molar refractivity (Wildman–Crippen MR) is 168 cm³/mol. The Kier molecular flexibility index (Phi) is 9.36. The average Bonchev–Trinajstić information content (AvgIpc) is 3.57. The first kappa shape index (κ1) is 32.7. The number of para-hydroxylation sites is 2. The van der Waals surface area contributed by atoms with Gasteiger partial charge in [-0.05, 0) is 49.8 Å². The molecule has 0 aliphatic rings. The summed E-state index contributed by atoms with van der Waals surface area (Å²) in [6.07, 6.45) is 1.24. The minimum atomic E-state index is -1.39. The lowest BCUT2D eigenvalue weighted by Gasteiger charge is -2.28. The summed E-state index contributed by atoms with van der Waals surface area (Å²) >= 11 is 0. The summed E-state index contributed by atoms with van der Waals surface area (Å²) in [4.78, 5) is 79.7. The third-order valence-electron chi connectivity index (χ3n) is 7.19. The van der Waals surface area contributed by atoms with E-state index in [0.29, 0.717) is 5.56 Å². The summed E-state index contributed by atoms with van der Waals surface area (Å²) < 4.78 is 20.2. The fourth-order valence-corrected chi connectivity index (χ4v) is 4.86. The number of carbonyl (C=O) groups excluding carboxylic acids is 2. The molecule has 0 atom stereocenters. The zero-order valence-electron chi connectivity index (χ0n) is 25.4. The summed E-state index contributed by atoms with van der Waals surface area (Å²) in [5, 5.41) is 20.0. The second-order valence-corrected chi connectivity index (χ2v) is 10.3. The van der Waals surface area contributed by atoms with Crippen LogP contribution in [0.1, 0.15) is 49.3 Å². The molecule has 0 fully saturated rings. The number of amides is 2. The van der Waals surface area contributed by atoms with Gasteiger partial charge in [0.05, 0.1) is 35.6 Å². The Hall–Kier alpha value is -6.70. The first-order valence-corrected chi connectivity index (χ1v) is 14.2. The fourth-order valence-electron chi connectivity index (χ4n) is 4.86. The maximum Gasteiger partial charge on any atom is 0.519 e. The molecule has 0 spiro atoms. The first-order valence-electron chi connectivity index (χ1n) is 14.2. The van der Waals surface area contributed by atoms with Crippen molar-refractivity contribution in [2.75, 3.05) is 9.80 Å². The molecule has 2 amide bonds. The normalized spacial score (nSPS) is 10.7. The highest BCUT2D eigenvalue weighted by atomic mass is 16.6. The van der Waals surface area contributed by atoms with Crippen molar-refractivity contribution in [3.8, 4) is 0 Å². The average molecular weight is 655 g/mol. The molecule has 14 heteroatoms. The van der Waals surface area contributed by atoms with Crippen LogP contribution < -0.4 is 21.4 Å². The van der Waals surface area contributed by atoms with Gasteiger partial charge in [0.15, 0.2) is 11.5 Å². The van der Waals surface area contributed by atoms with E-state index in [1.807, 2.05) is 0 Å². The number of rotatable bonds is 11. The molecule has 2 heterocycles. The predicted octanol–water partition coefficient (Wildman–Crippen LogP) is 4.64. The first-order chi connectivity index (χ1) is 22.9. The second-order valence-electron chi connectivity index (χ2n) is 10.3. The molecule has 3 aromatic carbocycles.